The number of likely N-dealkylation sites (N-methyl/N-ethyl adjacent to an activating group) is 1. The first-order chi connectivity index (χ1) is 16.3. The van der Waals surface area contributed by atoms with Crippen LogP contribution in [0.15, 0.2) is 95.9 Å². The summed E-state index contributed by atoms with van der Waals surface area (Å²) in [6, 6.07) is 30.5. The van der Waals surface area contributed by atoms with Crippen LogP contribution in [0, 0.1) is 6.92 Å². The maximum absolute atomic E-state index is 14.0. The monoisotopic (exact) mass is 468 g/mol. The van der Waals surface area contributed by atoms with E-state index in [1.165, 1.54) is 21.9 Å². The van der Waals surface area contributed by atoms with E-state index in [0.717, 1.165) is 11.3 Å². The lowest BCUT2D eigenvalue weighted by molar-refractivity contribution is 0.324. The number of aryl methyl sites for hydroxylation is 1. The molecule has 0 unspecified atom stereocenters. The van der Waals surface area contributed by atoms with Crippen molar-refractivity contribution in [3.8, 4) is 0 Å². The van der Waals surface area contributed by atoms with Gasteiger partial charge in [-0.1, -0.05) is 85.3 Å². The number of rotatable bonds is 3. The number of hydrogen-bond donors (Lipinski definition) is 0. The van der Waals surface area contributed by atoms with Crippen LogP contribution >= 0.6 is 0 Å². The quantitative estimate of drug-likeness (QED) is 0.389. The molecular weight excluding hydrogens is 440 g/mol. The number of benzene rings is 4. The van der Waals surface area contributed by atoms with Crippen molar-refractivity contribution in [2.24, 2.45) is 0 Å². The Morgan fingerprint density at radius 2 is 1.53 bits per heavy atom. The Morgan fingerprint density at radius 1 is 0.853 bits per heavy atom. The first kappa shape index (κ1) is 21.4. The molecule has 0 saturated carbocycles. The van der Waals surface area contributed by atoms with E-state index in [0.29, 0.717) is 11.4 Å². The molecule has 6 rings (SSSR count). The van der Waals surface area contributed by atoms with E-state index in [2.05, 4.69) is 66.4 Å². The van der Waals surface area contributed by atoms with Crippen molar-refractivity contribution in [3.05, 3.63) is 108 Å². The molecule has 0 amide bonds. The molecule has 2 aliphatic heterocycles. The van der Waals surface area contributed by atoms with Crippen molar-refractivity contribution in [1.82, 2.24) is 4.31 Å². The van der Waals surface area contributed by atoms with Crippen molar-refractivity contribution in [1.29, 1.82) is 0 Å². The number of nitrogens with zero attached hydrogens (tertiary/aromatic N) is 2. The van der Waals surface area contributed by atoms with Crippen molar-refractivity contribution in [2.45, 2.75) is 36.2 Å². The number of sulfonamides is 1. The summed E-state index contributed by atoms with van der Waals surface area (Å²) >= 11 is 0. The van der Waals surface area contributed by atoms with Crippen LogP contribution in [0.3, 0.4) is 0 Å². The third-order valence-electron chi connectivity index (χ3n) is 7.93. The lowest BCUT2D eigenvalue weighted by Crippen LogP contribution is -2.49. The van der Waals surface area contributed by atoms with Gasteiger partial charge in [0.15, 0.2) is 0 Å². The van der Waals surface area contributed by atoms with Crippen LogP contribution in [-0.2, 0) is 15.4 Å². The van der Waals surface area contributed by atoms with Crippen LogP contribution in [0.4, 0.5) is 5.69 Å². The minimum absolute atomic E-state index is 0.0217. The fourth-order valence-corrected chi connectivity index (χ4v) is 7.91. The second kappa shape index (κ2) is 7.42. The van der Waals surface area contributed by atoms with Gasteiger partial charge in [0.1, 0.15) is 6.17 Å². The highest BCUT2D eigenvalue weighted by Crippen LogP contribution is 2.58. The van der Waals surface area contributed by atoms with Gasteiger partial charge < -0.3 is 4.90 Å². The Hall–Kier alpha value is -3.15. The molecule has 0 bridgehead atoms. The average Bonchev–Trinajstić information content (AvgIpc) is 3.29. The molecular formula is C29H28N2O2S. The molecule has 0 aromatic heterocycles. The maximum Gasteiger partial charge on any atom is 0.244 e. The largest absolute Gasteiger partial charge is 0.357 e. The summed E-state index contributed by atoms with van der Waals surface area (Å²) in [5.74, 6) is 0.0217. The molecule has 1 fully saturated rings. The first-order valence-corrected chi connectivity index (χ1v) is 13.2. The topological polar surface area (TPSA) is 40.6 Å². The summed E-state index contributed by atoms with van der Waals surface area (Å²) in [4.78, 5) is 2.51. The van der Waals surface area contributed by atoms with Crippen LogP contribution in [0.2, 0.25) is 0 Å². The molecule has 2 aliphatic rings. The van der Waals surface area contributed by atoms with Gasteiger partial charge in [0, 0.05) is 30.6 Å². The predicted molar refractivity (Wildman–Crippen MR) is 138 cm³/mol. The second-order valence-corrected chi connectivity index (χ2v) is 11.7. The van der Waals surface area contributed by atoms with Crippen molar-refractivity contribution in [2.75, 3.05) is 18.5 Å². The third-order valence-corrected chi connectivity index (χ3v) is 9.76. The van der Waals surface area contributed by atoms with Gasteiger partial charge in [0.05, 0.1) is 4.90 Å². The van der Waals surface area contributed by atoms with Crippen molar-refractivity contribution < 1.29 is 8.42 Å². The highest BCUT2D eigenvalue weighted by atomic mass is 32.2. The minimum Gasteiger partial charge on any atom is -0.357 e. The van der Waals surface area contributed by atoms with Crippen LogP contribution in [-0.4, -0.2) is 32.5 Å². The normalized spacial score (nSPS) is 24.4. The first-order valence-electron chi connectivity index (χ1n) is 11.7. The van der Waals surface area contributed by atoms with Gasteiger partial charge in [-0.3, -0.25) is 0 Å². The lowest BCUT2D eigenvalue weighted by Gasteiger charge is -2.35. The van der Waals surface area contributed by atoms with Gasteiger partial charge in [0.2, 0.25) is 10.0 Å². The Balaban J connectivity index is 1.54. The molecule has 0 aliphatic carbocycles. The molecule has 2 heterocycles. The average molecular weight is 469 g/mol. The third kappa shape index (κ3) is 2.90. The molecule has 0 radical (unpaired) electrons. The van der Waals surface area contributed by atoms with Crippen LogP contribution in [0.5, 0.6) is 0 Å². The summed E-state index contributed by atoms with van der Waals surface area (Å²) in [7, 11) is -1.67. The standard InChI is InChI=1S/C29H28N2O2S/c1-20-12-16-24(17-13-20)34(32,33)31-19-26(23-15-14-21-8-4-5-9-22(21)18-23)29(2)25-10-6-7-11-27(25)30(3)28(29)31/h4-18,26,28H,19H2,1-3H3/t26-,28-,29+/m0/s1. The molecule has 3 atom stereocenters. The molecule has 4 nitrogen and oxygen atoms in total. The minimum atomic E-state index is -3.69. The highest BCUT2D eigenvalue weighted by Gasteiger charge is 2.61. The van der Waals surface area contributed by atoms with Gasteiger partial charge >= 0.3 is 0 Å². The molecule has 5 heteroatoms. The van der Waals surface area contributed by atoms with Gasteiger partial charge in [0.25, 0.3) is 0 Å². The SMILES string of the molecule is Cc1ccc(S(=O)(=O)N2C[C@@H](c3ccc4ccccc4c3)[C@@]3(C)c4ccccc4N(C)[C@@H]23)cc1. The number of hydrogen-bond acceptors (Lipinski definition) is 3. The molecule has 34 heavy (non-hydrogen) atoms. The fraction of sp³-hybridized carbons (Fsp3) is 0.241. The summed E-state index contributed by atoms with van der Waals surface area (Å²) in [6.07, 6.45) is -0.298. The zero-order valence-electron chi connectivity index (χ0n) is 19.6. The molecule has 1 saturated heterocycles. The van der Waals surface area contributed by atoms with E-state index in [4.69, 9.17) is 0 Å². The van der Waals surface area contributed by atoms with E-state index >= 15 is 0 Å². The molecule has 4 aromatic rings. The van der Waals surface area contributed by atoms with E-state index in [-0.39, 0.29) is 17.5 Å². The Labute approximate surface area is 201 Å². The maximum atomic E-state index is 14.0. The van der Waals surface area contributed by atoms with Crippen LogP contribution in [0.1, 0.15) is 29.5 Å². The number of anilines is 1. The summed E-state index contributed by atoms with van der Waals surface area (Å²) < 4.78 is 29.8. The summed E-state index contributed by atoms with van der Waals surface area (Å²) in [6.45, 7) is 4.65. The predicted octanol–water partition coefficient (Wildman–Crippen LogP) is 5.67. The van der Waals surface area contributed by atoms with E-state index in [1.54, 1.807) is 16.4 Å². The van der Waals surface area contributed by atoms with Crippen molar-refractivity contribution >= 4 is 26.5 Å². The van der Waals surface area contributed by atoms with Gasteiger partial charge in [-0.25, -0.2) is 8.42 Å². The summed E-state index contributed by atoms with van der Waals surface area (Å²) in [5.41, 5.74) is 4.15. The lowest BCUT2D eigenvalue weighted by atomic mass is 9.71. The van der Waals surface area contributed by atoms with E-state index in [9.17, 15) is 8.42 Å². The van der Waals surface area contributed by atoms with E-state index in [1.807, 2.05) is 38.2 Å². The second-order valence-electron chi connectivity index (χ2n) is 9.83. The van der Waals surface area contributed by atoms with Gasteiger partial charge in [-0.2, -0.15) is 4.31 Å². The van der Waals surface area contributed by atoms with Crippen LogP contribution in [0.25, 0.3) is 10.8 Å². The molecule has 172 valence electrons. The molecule has 4 aromatic carbocycles. The smallest absolute Gasteiger partial charge is 0.244 e. The molecule has 0 spiro atoms. The fourth-order valence-electron chi connectivity index (χ4n) is 6.19. The van der Waals surface area contributed by atoms with Crippen LogP contribution < -0.4 is 4.90 Å². The highest BCUT2D eigenvalue weighted by molar-refractivity contribution is 7.89. The summed E-state index contributed by atoms with van der Waals surface area (Å²) in [5, 5.41) is 2.37. The Bertz CT molecular complexity index is 1510. The van der Waals surface area contributed by atoms with Gasteiger partial charge in [-0.05, 0) is 47.0 Å². The zero-order valence-corrected chi connectivity index (χ0v) is 20.5. The van der Waals surface area contributed by atoms with Gasteiger partial charge in [-0.15, -0.1) is 0 Å². The van der Waals surface area contributed by atoms with E-state index < -0.39 is 10.0 Å². The van der Waals surface area contributed by atoms with Crippen molar-refractivity contribution in [3.63, 3.8) is 0 Å². The number of para-hydroxylation sites is 1. The molecule has 0 N–H and O–H groups in total. The Morgan fingerprint density at radius 3 is 2.29 bits per heavy atom. The number of fused-ring (bicyclic) bond motifs is 4. The zero-order chi connectivity index (χ0) is 23.7. The Kier molecular flexibility index (Phi) is 4.67.